The highest BCUT2D eigenvalue weighted by Gasteiger charge is 2.36. The summed E-state index contributed by atoms with van der Waals surface area (Å²) in [6.45, 7) is 8.62. The van der Waals surface area contributed by atoms with Crippen LogP contribution in [0.1, 0.15) is 0 Å². The van der Waals surface area contributed by atoms with Crippen LogP contribution in [0, 0.1) is 0 Å². The average molecular weight is 951 g/mol. The number of carbonyl (C=O) groups is 4. The first kappa shape index (κ1) is 51.4. The summed E-state index contributed by atoms with van der Waals surface area (Å²) in [5.41, 5.74) is -0.213. The second kappa shape index (κ2) is 27.8. The molecule has 4 aromatic rings. The fourth-order valence-electron chi connectivity index (χ4n) is 5.01. The van der Waals surface area contributed by atoms with E-state index in [1.807, 2.05) is 60.7 Å². The van der Waals surface area contributed by atoms with E-state index in [9.17, 15) is 28.3 Å². The summed E-state index contributed by atoms with van der Waals surface area (Å²) in [5.74, 6) is -2.74. The number of carbonyl (C=O) groups excluding carboxylic acids is 4. The minimum atomic E-state index is -4.24. The second-order valence-corrected chi connectivity index (χ2v) is 19.0. The van der Waals surface area contributed by atoms with Gasteiger partial charge in [-0.1, -0.05) is 92.5 Å². The molecule has 18 heteroatoms. The molecule has 0 saturated heterocycles. The average Bonchev–Trinajstić information content (AvgIpc) is 3.33. The third-order valence-corrected chi connectivity index (χ3v) is 14.4. The zero-order chi connectivity index (χ0) is 46.0. The molecule has 4 unspecified atom stereocenters. The number of thioether (sulfide) groups is 2. The Balaban J connectivity index is 1.40. The lowest BCUT2D eigenvalue weighted by Crippen LogP contribution is -2.30. The number of ether oxygens (including phenoxy) is 4. The lowest BCUT2D eigenvalue weighted by atomic mass is 10.3. The molecule has 0 aliphatic heterocycles. The van der Waals surface area contributed by atoms with Crippen LogP contribution in [-0.2, 0) is 65.4 Å². The molecule has 0 amide bonds. The van der Waals surface area contributed by atoms with Gasteiger partial charge in [-0.15, -0.1) is 23.5 Å². The van der Waals surface area contributed by atoms with Crippen molar-refractivity contribution in [3.63, 3.8) is 0 Å². The highest BCUT2D eigenvalue weighted by atomic mass is 32.2. The molecule has 0 aliphatic carbocycles. The number of rotatable bonds is 29. The van der Waals surface area contributed by atoms with Gasteiger partial charge in [-0.3, -0.25) is 18.2 Å². The van der Waals surface area contributed by atoms with Gasteiger partial charge in [0.05, 0.1) is 29.4 Å². The monoisotopic (exact) mass is 950 g/mol. The van der Waals surface area contributed by atoms with Gasteiger partial charge >= 0.3 is 39.1 Å². The molecule has 4 rings (SSSR count). The zero-order valence-corrected chi connectivity index (χ0v) is 38.1. The van der Waals surface area contributed by atoms with Crippen LogP contribution in [0.15, 0.2) is 181 Å². The SMILES string of the molecule is C=CC(=O)OCCOP(=O)(OCCOC(=O)C(=C)/C=C/C(=O)OCC(CSc1ccccc1)OP(=O)(OC(COC(=O)C=C)CSc1ccccc1)c1ccccc1)c1ccccc1. The molecule has 0 bridgehead atoms. The van der Waals surface area contributed by atoms with Gasteiger partial charge < -0.3 is 28.0 Å². The molecule has 0 aromatic heterocycles. The van der Waals surface area contributed by atoms with Crippen LogP contribution < -0.4 is 10.6 Å². The molecule has 4 atom stereocenters. The molecule has 0 aliphatic rings. The minimum Gasteiger partial charge on any atom is -0.460 e. The molecule has 64 heavy (non-hydrogen) atoms. The maximum Gasteiger partial charge on any atom is 0.362 e. The second-order valence-electron chi connectivity index (χ2n) is 12.9. The van der Waals surface area contributed by atoms with Crippen molar-refractivity contribution in [3.05, 3.63) is 171 Å². The van der Waals surface area contributed by atoms with E-state index >= 15 is 0 Å². The number of hydrogen-bond acceptors (Lipinski definition) is 16. The zero-order valence-electron chi connectivity index (χ0n) is 34.7. The molecule has 0 fully saturated rings. The Bertz CT molecular complexity index is 2260. The van der Waals surface area contributed by atoms with Gasteiger partial charge in [-0.2, -0.15) is 0 Å². The lowest BCUT2D eigenvalue weighted by molar-refractivity contribution is -0.140. The molecule has 0 radical (unpaired) electrons. The first-order valence-corrected chi connectivity index (χ1v) is 24.6. The highest BCUT2D eigenvalue weighted by Crippen LogP contribution is 2.50. The van der Waals surface area contributed by atoms with E-state index in [-0.39, 0.29) is 67.3 Å². The molecule has 14 nitrogen and oxygen atoms in total. The van der Waals surface area contributed by atoms with E-state index in [4.69, 9.17) is 37.0 Å². The first-order chi connectivity index (χ1) is 30.9. The molecule has 0 saturated carbocycles. The van der Waals surface area contributed by atoms with Crippen molar-refractivity contribution >= 4 is 73.2 Å². The molecular weight excluding hydrogens is 903 g/mol. The van der Waals surface area contributed by atoms with E-state index < -0.39 is 51.3 Å². The molecule has 4 aromatic carbocycles. The van der Waals surface area contributed by atoms with Crippen molar-refractivity contribution in [3.8, 4) is 0 Å². The van der Waals surface area contributed by atoms with Crippen molar-refractivity contribution in [2.45, 2.75) is 22.0 Å². The number of benzene rings is 4. The van der Waals surface area contributed by atoms with E-state index in [1.54, 1.807) is 48.5 Å². The largest absolute Gasteiger partial charge is 0.460 e. The Hall–Kier alpha value is -5.28. The Labute approximate surface area is 381 Å². The van der Waals surface area contributed by atoms with Crippen molar-refractivity contribution < 1.29 is 65.4 Å². The van der Waals surface area contributed by atoms with E-state index in [0.29, 0.717) is 0 Å². The normalized spacial score (nSPS) is 13.9. The number of esters is 4. The van der Waals surface area contributed by atoms with Crippen LogP contribution in [-0.4, -0.2) is 87.2 Å². The van der Waals surface area contributed by atoms with Crippen LogP contribution in [0.4, 0.5) is 0 Å². The van der Waals surface area contributed by atoms with Gasteiger partial charge in [0, 0.05) is 39.5 Å². The van der Waals surface area contributed by atoms with Crippen LogP contribution in [0.5, 0.6) is 0 Å². The molecule has 0 N–H and O–H groups in total. The predicted octanol–water partition coefficient (Wildman–Crippen LogP) is 8.07. The van der Waals surface area contributed by atoms with Crippen LogP contribution in [0.3, 0.4) is 0 Å². The van der Waals surface area contributed by atoms with Gasteiger partial charge in [0.2, 0.25) is 0 Å². The van der Waals surface area contributed by atoms with Gasteiger partial charge in [-0.05, 0) is 54.6 Å². The summed E-state index contributed by atoms with van der Waals surface area (Å²) >= 11 is 2.78. The predicted molar refractivity (Wildman–Crippen MR) is 246 cm³/mol. The topological polar surface area (TPSA) is 176 Å². The Morgan fingerprint density at radius 2 is 0.922 bits per heavy atom. The standard InChI is InChI=1S/C46H48O14P2S2/c1-4-43(47)53-28-30-57-61(51,39-18-10-6-11-19-39)58-31-29-54-46(50)36(3)26-27-45(49)56-33-38(35-64-42-24-16-9-17-25-42)60-62(52,40-20-12-7-13-21-40)59-37(32-55-44(48)5-2)34-63-41-22-14-8-15-23-41/h4-27,37-38H,1-3,28-35H2/b27-26+. The molecule has 0 spiro atoms. The molecular formula is C46H48O14P2S2. The first-order valence-electron chi connectivity index (χ1n) is 19.5. The summed E-state index contributed by atoms with van der Waals surface area (Å²) < 4.78 is 73.0. The fourth-order valence-corrected chi connectivity index (χ4v) is 10.4. The third-order valence-electron chi connectivity index (χ3n) is 8.08. The summed E-state index contributed by atoms with van der Waals surface area (Å²) in [6.07, 6.45) is 2.15. The van der Waals surface area contributed by atoms with E-state index in [1.165, 1.54) is 35.7 Å². The minimum absolute atomic E-state index is 0.169. The van der Waals surface area contributed by atoms with E-state index in [2.05, 4.69) is 19.7 Å². The summed E-state index contributed by atoms with van der Waals surface area (Å²) in [7, 11) is -8.15. The third kappa shape index (κ3) is 18.4. The summed E-state index contributed by atoms with van der Waals surface area (Å²) in [5, 5.41) is 0.459. The van der Waals surface area contributed by atoms with Gasteiger partial charge in [0.25, 0.3) is 0 Å². The van der Waals surface area contributed by atoms with Crippen molar-refractivity contribution in [1.82, 2.24) is 0 Å². The van der Waals surface area contributed by atoms with Crippen molar-refractivity contribution in [2.75, 3.05) is 51.1 Å². The van der Waals surface area contributed by atoms with Crippen LogP contribution in [0.2, 0.25) is 0 Å². The summed E-state index contributed by atoms with van der Waals surface area (Å²) in [4.78, 5) is 50.9. The summed E-state index contributed by atoms with van der Waals surface area (Å²) in [6, 6.07) is 35.1. The molecule has 0 heterocycles. The Kier molecular flexibility index (Phi) is 22.3. The smallest absolute Gasteiger partial charge is 0.362 e. The fraction of sp³-hybridized carbons (Fsp3) is 0.217. The Morgan fingerprint density at radius 1 is 0.516 bits per heavy atom. The van der Waals surface area contributed by atoms with Crippen LogP contribution >= 0.6 is 38.7 Å². The van der Waals surface area contributed by atoms with Gasteiger partial charge in [-0.25, -0.2) is 19.2 Å². The maximum atomic E-state index is 14.9. The number of hydrogen-bond donors (Lipinski definition) is 0. The van der Waals surface area contributed by atoms with Crippen molar-refractivity contribution in [2.24, 2.45) is 0 Å². The Morgan fingerprint density at radius 3 is 1.39 bits per heavy atom. The van der Waals surface area contributed by atoms with Crippen molar-refractivity contribution in [1.29, 1.82) is 0 Å². The maximum absolute atomic E-state index is 14.9. The van der Waals surface area contributed by atoms with Gasteiger partial charge in [0.1, 0.15) is 38.6 Å². The van der Waals surface area contributed by atoms with Crippen LogP contribution in [0.25, 0.3) is 0 Å². The van der Waals surface area contributed by atoms with E-state index in [0.717, 1.165) is 34.1 Å². The quantitative estimate of drug-likeness (QED) is 0.00970. The molecule has 338 valence electrons. The van der Waals surface area contributed by atoms with Gasteiger partial charge in [0.15, 0.2) is 0 Å². The lowest BCUT2D eigenvalue weighted by Gasteiger charge is -2.28. The highest BCUT2D eigenvalue weighted by molar-refractivity contribution is 7.99.